The third kappa shape index (κ3) is 3.90. The molecule has 2 aliphatic rings. The SMILES string of the molecule is CCc1cc2c(cc1F)cc(-c1ccc(S(=O)(=O)NC3(C(F)(F)F)CC3)cn1)n2C1CCCC1. The molecule has 0 spiro atoms. The zero-order valence-electron chi connectivity index (χ0n) is 18.6. The molecular formula is C24H25F4N3O2S. The number of rotatable bonds is 6. The summed E-state index contributed by atoms with van der Waals surface area (Å²) in [6, 6.07) is 8.20. The number of nitrogens with zero attached hydrogens (tertiary/aromatic N) is 2. The minimum atomic E-state index is -4.65. The van der Waals surface area contributed by atoms with Crippen molar-refractivity contribution in [3.05, 3.63) is 47.9 Å². The average Bonchev–Trinajstić information content (AvgIpc) is 3.22. The molecule has 0 radical (unpaired) electrons. The lowest BCUT2D eigenvalue weighted by Crippen LogP contribution is -2.47. The predicted octanol–water partition coefficient (Wildman–Crippen LogP) is 5.89. The van der Waals surface area contributed by atoms with Gasteiger partial charge in [-0.1, -0.05) is 19.8 Å². The van der Waals surface area contributed by atoms with E-state index in [1.807, 2.05) is 23.8 Å². The van der Waals surface area contributed by atoms with Gasteiger partial charge in [0.25, 0.3) is 0 Å². The second kappa shape index (κ2) is 8.05. The Morgan fingerprint density at radius 3 is 2.41 bits per heavy atom. The van der Waals surface area contributed by atoms with Crippen molar-refractivity contribution in [2.24, 2.45) is 0 Å². The van der Waals surface area contributed by atoms with Gasteiger partial charge in [-0.25, -0.2) is 12.8 Å². The van der Waals surface area contributed by atoms with Gasteiger partial charge in [0.2, 0.25) is 10.0 Å². The first-order valence-corrected chi connectivity index (χ1v) is 12.9. The maximum Gasteiger partial charge on any atom is 0.407 e. The zero-order valence-corrected chi connectivity index (χ0v) is 19.4. The van der Waals surface area contributed by atoms with E-state index in [0.29, 0.717) is 17.7 Å². The topological polar surface area (TPSA) is 64.0 Å². The number of halogens is 4. The minimum Gasteiger partial charge on any atom is -0.336 e. The Kier molecular flexibility index (Phi) is 5.51. The van der Waals surface area contributed by atoms with Crippen LogP contribution in [0, 0.1) is 5.82 Å². The highest BCUT2D eigenvalue weighted by atomic mass is 32.2. The number of nitrogens with one attached hydrogen (secondary N) is 1. The van der Waals surface area contributed by atoms with E-state index < -0.39 is 21.7 Å². The van der Waals surface area contributed by atoms with Gasteiger partial charge in [0.05, 0.1) is 11.4 Å². The number of pyridine rings is 1. The average molecular weight is 496 g/mol. The van der Waals surface area contributed by atoms with Crippen molar-refractivity contribution in [1.29, 1.82) is 0 Å². The summed E-state index contributed by atoms with van der Waals surface area (Å²) >= 11 is 0. The van der Waals surface area contributed by atoms with Gasteiger partial charge in [0.15, 0.2) is 0 Å². The van der Waals surface area contributed by atoms with Crippen LogP contribution in [0.2, 0.25) is 0 Å². The lowest BCUT2D eigenvalue weighted by molar-refractivity contribution is -0.160. The number of sulfonamides is 1. The summed E-state index contributed by atoms with van der Waals surface area (Å²) in [5.41, 5.74) is 0.357. The molecule has 0 atom stereocenters. The van der Waals surface area contributed by atoms with E-state index in [1.54, 1.807) is 0 Å². The normalized spacial score (nSPS) is 18.6. The van der Waals surface area contributed by atoms with E-state index in [0.717, 1.165) is 48.5 Å². The molecule has 5 nitrogen and oxygen atoms in total. The molecule has 0 bridgehead atoms. The van der Waals surface area contributed by atoms with Crippen molar-refractivity contribution in [3.63, 3.8) is 0 Å². The van der Waals surface area contributed by atoms with Gasteiger partial charge in [-0.2, -0.15) is 17.9 Å². The molecule has 2 heterocycles. The molecular weight excluding hydrogens is 470 g/mol. The van der Waals surface area contributed by atoms with Crippen LogP contribution in [0.15, 0.2) is 41.4 Å². The van der Waals surface area contributed by atoms with Crippen molar-refractivity contribution in [2.45, 2.75) is 74.5 Å². The fourth-order valence-corrected chi connectivity index (χ4v) is 6.28. The summed E-state index contributed by atoms with van der Waals surface area (Å²) in [6.45, 7) is 1.90. The monoisotopic (exact) mass is 495 g/mol. The van der Waals surface area contributed by atoms with Gasteiger partial charge < -0.3 is 4.57 Å². The highest BCUT2D eigenvalue weighted by Crippen LogP contribution is 2.49. The first-order valence-electron chi connectivity index (χ1n) is 11.5. The largest absolute Gasteiger partial charge is 0.407 e. The number of aromatic nitrogens is 2. The van der Waals surface area contributed by atoms with Crippen LogP contribution in [-0.4, -0.2) is 29.7 Å². The summed E-state index contributed by atoms with van der Waals surface area (Å²) in [6.07, 6.45) is 0.562. The third-order valence-electron chi connectivity index (χ3n) is 7.01. The molecule has 2 saturated carbocycles. The second-order valence-electron chi connectivity index (χ2n) is 9.26. The fraction of sp³-hybridized carbons (Fsp3) is 0.458. The van der Waals surface area contributed by atoms with Gasteiger partial charge in [0, 0.05) is 23.1 Å². The fourth-order valence-electron chi connectivity index (χ4n) is 4.89. The van der Waals surface area contributed by atoms with Crippen LogP contribution in [0.3, 0.4) is 0 Å². The van der Waals surface area contributed by atoms with Crippen molar-refractivity contribution in [3.8, 4) is 11.4 Å². The summed E-state index contributed by atoms with van der Waals surface area (Å²) in [5.74, 6) is -0.274. The third-order valence-corrected chi connectivity index (χ3v) is 8.53. The number of fused-ring (bicyclic) bond motifs is 1. The maximum absolute atomic E-state index is 14.5. The quantitative estimate of drug-likeness (QED) is 0.434. The van der Waals surface area contributed by atoms with E-state index in [1.165, 1.54) is 18.2 Å². The summed E-state index contributed by atoms with van der Waals surface area (Å²) in [5, 5.41) is 0.734. The van der Waals surface area contributed by atoms with Crippen molar-refractivity contribution < 1.29 is 26.0 Å². The molecule has 10 heteroatoms. The van der Waals surface area contributed by atoms with Crippen LogP contribution in [0.1, 0.15) is 57.1 Å². The summed E-state index contributed by atoms with van der Waals surface area (Å²) < 4.78 is 83.4. The van der Waals surface area contributed by atoms with Gasteiger partial charge in [-0.3, -0.25) is 4.98 Å². The molecule has 34 heavy (non-hydrogen) atoms. The Morgan fingerprint density at radius 2 is 1.85 bits per heavy atom. The van der Waals surface area contributed by atoms with E-state index in [2.05, 4.69) is 9.55 Å². The Morgan fingerprint density at radius 1 is 1.15 bits per heavy atom. The molecule has 182 valence electrons. The molecule has 1 aromatic carbocycles. The van der Waals surface area contributed by atoms with Crippen LogP contribution in [0.25, 0.3) is 22.3 Å². The molecule has 2 fully saturated rings. The highest BCUT2D eigenvalue weighted by Gasteiger charge is 2.65. The number of hydrogen-bond donors (Lipinski definition) is 1. The molecule has 1 N–H and O–H groups in total. The molecule has 2 aliphatic carbocycles. The maximum atomic E-state index is 14.5. The van der Waals surface area contributed by atoms with Crippen molar-refractivity contribution in [2.75, 3.05) is 0 Å². The first kappa shape index (κ1) is 23.3. The van der Waals surface area contributed by atoms with Crippen molar-refractivity contribution >= 4 is 20.9 Å². The van der Waals surface area contributed by atoms with Crippen LogP contribution >= 0.6 is 0 Å². The van der Waals surface area contributed by atoms with E-state index in [-0.39, 0.29) is 29.6 Å². The Bertz CT molecular complexity index is 1340. The number of hydrogen-bond acceptors (Lipinski definition) is 3. The Hall–Kier alpha value is -2.46. The predicted molar refractivity (Wildman–Crippen MR) is 120 cm³/mol. The molecule has 0 saturated heterocycles. The highest BCUT2D eigenvalue weighted by molar-refractivity contribution is 7.89. The van der Waals surface area contributed by atoms with Crippen LogP contribution in [-0.2, 0) is 16.4 Å². The Balaban J connectivity index is 1.54. The van der Waals surface area contributed by atoms with Crippen LogP contribution in [0.5, 0.6) is 0 Å². The van der Waals surface area contributed by atoms with Crippen LogP contribution in [0.4, 0.5) is 17.6 Å². The smallest absolute Gasteiger partial charge is 0.336 e. The Labute approximate surface area is 195 Å². The molecule has 0 amide bonds. The second-order valence-corrected chi connectivity index (χ2v) is 10.9. The molecule has 3 aromatic rings. The summed E-state index contributed by atoms with van der Waals surface area (Å²) in [7, 11) is -4.39. The number of benzene rings is 1. The molecule has 2 aromatic heterocycles. The minimum absolute atomic E-state index is 0.219. The van der Waals surface area contributed by atoms with E-state index in [4.69, 9.17) is 0 Å². The number of aryl methyl sites for hydroxylation is 1. The van der Waals surface area contributed by atoms with Gasteiger partial charge >= 0.3 is 6.18 Å². The molecule has 0 unspecified atom stereocenters. The standard InChI is InChI=1S/C24H25F4N3O2S/c1-2-15-12-21-16(11-19(15)25)13-22(31(21)17-5-3-4-6-17)20-8-7-18(14-29-20)34(32,33)30-23(9-10-23)24(26,27)28/h7-8,11-14,17,30H,2-6,9-10H2,1H3. The first-order chi connectivity index (χ1) is 16.0. The van der Waals surface area contributed by atoms with E-state index in [9.17, 15) is 26.0 Å². The summed E-state index contributed by atoms with van der Waals surface area (Å²) in [4.78, 5) is 3.98. The lowest BCUT2D eigenvalue weighted by atomic mass is 10.1. The lowest BCUT2D eigenvalue weighted by Gasteiger charge is -2.20. The van der Waals surface area contributed by atoms with Gasteiger partial charge in [0.1, 0.15) is 16.3 Å². The van der Waals surface area contributed by atoms with Gasteiger partial charge in [-0.05, 0) is 68.0 Å². The number of alkyl halides is 3. The molecule has 0 aliphatic heterocycles. The molecule has 5 rings (SSSR count). The van der Waals surface area contributed by atoms with E-state index >= 15 is 0 Å². The van der Waals surface area contributed by atoms with Crippen molar-refractivity contribution in [1.82, 2.24) is 14.3 Å². The van der Waals surface area contributed by atoms with Crippen LogP contribution < -0.4 is 4.72 Å². The zero-order chi connectivity index (χ0) is 24.3. The van der Waals surface area contributed by atoms with Gasteiger partial charge in [-0.15, -0.1) is 0 Å².